The molecular weight excluding hydrogens is 691 g/mol. The summed E-state index contributed by atoms with van der Waals surface area (Å²) in [7, 11) is 0. The lowest BCUT2D eigenvalue weighted by Crippen LogP contribution is -2.15. The van der Waals surface area contributed by atoms with Gasteiger partial charge in [0.15, 0.2) is 17.5 Å². The molecule has 0 aliphatic heterocycles. The summed E-state index contributed by atoms with van der Waals surface area (Å²) in [6.07, 6.45) is 0. The highest BCUT2D eigenvalue weighted by Gasteiger charge is 2.35. The summed E-state index contributed by atoms with van der Waals surface area (Å²) in [6, 6.07) is 67.3. The Morgan fingerprint density at radius 2 is 0.877 bits per heavy atom. The van der Waals surface area contributed by atoms with E-state index in [0.29, 0.717) is 17.5 Å². The maximum Gasteiger partial charge on any atom is 0.164 e. The van der Waals surface area contributed by atoms with Gasteiger partial charge in [-0.3, -0.25) is 0 Å². The number of nitrogens with zero attached hydrogens (tertiary/aromatic N) is 3. The third-order valence-electron chi connectivity index (χ3n) is 11.9. The van der Waals surface area contributed by atoms with Crippen molar-refractivity contribution in [1.29, 1.82) is 0 Å². The molecule has 0 atom stereocenters. The third-order valence-corrected chi connectivity index (χ3v) is 11.9. The normalized spacial score (nSPS) is 12.9. The monoisotopic (exact) mass is 727 g/mol. The minimum Gasteiger partial charge on any atom is -0.208 e. The lowest BCUT2D eigenvalue weighted by Gasteiger charge is -2.22. The Hall–Kier alpha value is -7.23. The Labute approximate surface area is 332 Å². The third kappa shape index (κ3) is 5.31. The van der Waals surface area contributed by atoms with Gasteiger partial charge in [-0.05, 0) is 89.0 Å². The van der Waals surface area contributed by atoms with Crippen LogP contribution in [0, 0.1) is 0 Å². The van der Waals surface area contributed by atoms with Crippen molar-refractivity contribution < 1.29 is 0 Å². The van der Waals surface area contributed by atoms with Crippen LogP contribution in [-0.4, -0.2) is 15.0 Å². The van der Waals surface area contributed by atoms with Gasteiger partial charge in [0.2, 0.25) is 0 Å². The molecule has 3 heteroatoms. The summed E-state index contributed by atoms with van der Waals surface area (Å²) >= 11 is 0. The van der Waals surface area contributed by atoms with Crippen molar-refractivity contribution in [1.82, 2.24) is 15.0 Å². The Balaban J connectivity index is 1.18. The van der Waals surface area contributed by atoms with Gasteiger partial charge in [0.1, 0.15) is 0 Å². The van der Waals surface area contributed by atoms with Crippen molar-refractivity contribution in [3.05, 3.63) is 199 Å². The van der Waals surface area contributed by atoms with E-state index in [0.717, 1.165) is 33.4 Å². The second kappa shape index (κ2) is 12.9. The fourth-order valence-corrected chi connectivity index (χ4v) is 9.14. The van der Waals surface area contributed by atoms with Crippen LogP contribution in [0.5, 0.6) is 0 Å². The van der Waals surface area contributed by atoms with E-state index in [4.69, 9.17) is 15.0 Å². The molecule has 0 amide bonds. The van der Waals surface area contributed by atoms with E-state index < -0.39 is 0 Å². The Morgan fingerprint density at radius 3 is 1.65 bits per heavy atom. The lowest BCUT2D eigenvalue weighted by molar-refractivity contribution is 0.660. The molecule has 11 rings (SSSR count). The predicted octanol–water partition coefficient (Wildman–Crippen LogP) is 14.0. The van der Waals surface area contributed by atoms with E-state index in [1.54, 1.807) is 0 Å². The molecule has 268 valence electrons. The number of benzene rings is 9. The minimum atomic E-state index is -0.160. The molecule has 3 nitrogen and oxygen atoms in total. The summed E-state index contributed by atoms with van der Waals surface area (Å²) < 4.78 is 0. The van der Waals surface area contributed by atoms with Crippen LogP contribution >= 0.6 is 0 Å². The number of hydrogen-bond donors (Lipinski definition) is 0. The molecule has 1 aliphatic carbocycles. The van der Waals surface area contributed by atoms with Crippen LogP contribution in [0.3, 0.4) is 0 Å². The fourth-order valence-electron chi connectivity index (χ4n) is 9.14. The van der Waals surface area contributed by atoms with E-state index in [1.165, 1.54) is 60.1 Å². The first-order chi connectivity index (χ1) is 28.0. The van der Waals surface area contributed by atoms with Gasteiger partial charge in [-0.2, -0.15) is 0 Å². The molecule has 0 saturated carbocycles. The first-order valence-electron chi connectivity index (χ1n) is 19.6. The van der Waals surface area contributed by atoms with E-state index in [2.05, 4.69) is 202 Å². The van der Waals surface area contributed by atoms with E-state index in [1.807, 2.05) is 0 Å². The molecule has 0 fully saturated rings. The second-order valence-corrected chi connectivity index (χ2v) is 15.5. The first kappa shape index (κ1) is 33.1. The largest absolute Gasteiger partial charge is 0.208 e. The van der Waals surface area contributed by atoms with Gasteiger partial charge >= 0.3 is 0 Å². The molecule has 0 radical (unpaired) electrons. The van der Waals surface area contributed by atoms with Gasteiger partial charge in [-0.25, -0.2) is 15.0 Å². The number of rotatable bonds is 5. The van der Waals surface area contributed by atoms with E-state index in [9.17, 15) is 0 Å². The van der Waals surface area contributed by atoms with Gasteiger partial charge in [-0.1, -0.05) is 190 Å². The number of fused-ring (bicyclic) bond motifs is 7. The second-order valence-electron chi connectivity index (χ2n) is 15.5. The summed E-state index contributed by atoms with van der Waals surface area (Å²) in [5.41, 5.74) is 12.4. The minimum absolute atomic E-state index is 0.160. The highest BCUT2D eigenvalue weighted by Crippen LogP contribution is 2.50. The van der Waals surface area contributed by atoms with Crippen LogP contribution in [0.2, 0.25) is 0 Å². The standard InChI is InChI=1S/C54H37N3/c1-54(2)48-27-15-14-23-41(48)42-30-29-37(33-49(42)54)51-55-52(45-25-12-10-20-38(45)34-16-4-3-5-17-34)57-53(56-51)46-26-13-11-24-43(46)50-40-22-9-7-19-36(40)32-47-39-21-8-6-18-35(39)28-31-44(47)50/h3-33H,1-2H3. The van der Waals surface area contributed by atoms with Crippen LogP contribution in [0.25, 0.3) is 99.9 Å². The Kier molecular flexibility index (Phi) is 7.52. The summed E-state index contributed by atoms with van der Waals surface area (Å²) in [5.74, 6) is 1.93. The van der Waals surface area contributed by atoms with E-state index >= 15 is 0 Å². The quantitative estimate of drug-likeness (QED) is 0.131. The van der Waals surface area contributed by atoms with Crippen LogP contribution < -0.4 is 0 Å². The van der Waals surface area contributed by atoms with Crippen molar-refractivity contribution in [3.8, 4) is 67.5 Å². The molecule has 0 unspecified atom stereocenters. The van der Waals surface area contributed by atoms with Crippen molar-refractivity contribution in [2.45, 2.75) is 19.3 Å². The van der Waals surface area contributed by atoms with Crippen molar-refractivity contribution in [2.75, 3.05) is 0 Å². The van der Waals surface area contributed by atoms with Gasteiger partial charge in [0.05, 0.1) is 0 Å². The van der Waals surface area contributed by atoms with Gasteiger partial charge in [0, 0.05) is 22.1 Å². The number of aromatic nitrogens is 3. The average Bonchev–Trinajstić information content (AvgIpc) is 3.51. The highest BCUT2D eigenvalue weighted by molar-refractivity contribution is 6.21. The molecule has 9 aromatic carbocycles. The highest BCUT2D eigenvalue weighted by atomic mass is 15.0. The Morgan fingerprint density at radius 1 is 0.316 bits per heavy atom. The maximum absolute atomic E-state index is 5.40. The predicted molar refractivity (Wildman–Crippen MR) is 237 cm³/mol. The van der Waals surface area contributed by atoms with Gasteiger partial charge in [0.25, 0.3) is 0 Å². The van der Waals surface area contributed by atoms with Gasteiger partial charge in [-0.15, -0.1) is 0 Å². The zero-order chi connectivity index (χ0) is 38.1. The molecule has 57 heavy (non-hydrogen) atoms. The van der Waals surface area contributed by atoms with Crippen LogP contribution in [0.1, 0.15) is 25.0 Å². The first-order valence-corrected chi connectivity index (χ1v) is 19.6. The fraction of sp³-hybridized carbons (Fsp3) is 0.0556. The average molecular weight is 728 g/mol. The summed E-state index contributed by atoms with van der Waals surface area (Å²) in [4.78, 5) is 16.1. The molecule has 0 saturated heterocycles. The molecule has 1 heterocycles. The van der Waals surface area contributed by atoms with E-state index in [-0.39, 0.29) is 5.41 Å². The number of hydrogen-bond acceptors (Lipinski definition) is 3. The molecule has 10 aromatic rings. The molecular formula is C54H37N3. The molecule has 1 aromatic heterocycles. The zero-order valence-corrected chi connectivity index (χ0v) is 31.7. The van der Waals surface area contributed by atoms with Gasteiger partial charge < -0.3 is 0 Å². The van der Waals surface area contributed by atoms with Crippen LogP contribution in [0.15, 0.2) is 188 Å². The van der Waals surface area contributed by atoms with Crippen molar-refractivity contribution in [2.24, 2.45) is 0 Å². The zero-order valence-electron chi connectivity index (χ0n) is 31.7. The Bertz CT molecular complexity index is 3220. The SMILES string of the molecule is CC1(C)c2ccccc2-c2ccc(-c3nc(-c4ccccc4-c4ccccc4)nc(-c4ccccc4-c4c5ccccc5cc5c4ccc4ccccc45)n3)cc21. The lowest BCUT2D eigenvalue weighted by atomic mass is 9.82. The maximum atomic E-state index is 5.40. The summed E-state index contributed by atoms with van der Waals surface area (Å²) in [5, 5.41) is 7.28. The van der Waals surface area contributed by atoms with Crippen LogP contribution in [-0.2, 0) is 5.41 Å². The van der Waals surface area contributed by atoms with Crippen LogP contribution in [0.4, 0.5) is 0 Å². The topological polar surface area (TPSA) is 38.7 Å². The van der Waals surface area contributed by atoms with Crippen molar-refractivity contribution >= 4 is 32.3 Å². The smallest absolute Gasteiger partial charge is 0.164 e. The molecule has 0 bridgehead atoms. The van der Waals surface area contributed by atoms with Crippen molar-refractivity contribution in [3.63, 3.8) is 0 Å². The summed E-state index contributed by atoms with van der Waals surface area (Å²) in [6.45, 7) is 4.63. The molecule has 1 aliphatic rings. The molecule has 0 spiro atoms. The molecule has 0 N–H and O–H groups in total.